The molecule has 0 saturated heterocycles. The van der Waals surface area contributed by atoms with Gasteiger partial charge in [-0.1, -0.05) is 36.4 Å². The van der Waals surface area contributed by atoms with Crippen LogP contribution in [-0.2, 0) is 15.6 Å². The summed E-state index contributed by atoms with van der Waals surface area (Å²) in [7, 11) is -3.41. The quantitative estimate of drug-likeness (QED) is 0.845. The van der Waals surface area contributed by atoms with E-state index in [1.54, 1.807) is 12.1 Å². The first-order valence-electron chi connectivity index (χ1n) is 7.49. The Morgan fingerprint density at radius 2 is 1.61 bits per heavy atom. The summed E-state index contributed by atoms with van der Waals surface area (Å²) in [6, 6.07) is 14.7. The lowest BCUT2D eigenvalue weighted by Crippen LogP contribution is -2.28. The molecule has 1 N–H and O–H groups in total. The third-order valence-corrected chi connectivity index (χ3v) is 5.26. The number of rotatable bonds is 7. The van der Waals surface area contributed by atoms with Crippen molar-refractivity contribution >= 4 is 9.84 Å². The number of aryl methyl sites for hydroxylation is 2. The standard InChI is InChI=1S/C18H22O4S/c1-14-7-6-8-15(2)18(14)13-23(20,21)12-16(19)11-22-17-9-4-3-5-10-17/h3-10,16,19H,11-13H2,1-2H3. The summed E-state index contributed by atoms with van der Waals surface area (Å²) in [6.07, 6.45) is -1.05. The summed E-state index contributed by atoms with van der Waals surface area (Å²) >= 11 is 0. The van der Waals surface area contributed by atoms with Crippen LogP contribution in [0.25, 0.3) is 0 Å². The van der Waals surface area contributed by atoms with Crippen LogP contribution in [-0.4, -0.2) is 32.0 Å². The molecule has 2 rings (SSSR count). The van der Waals surface area contributed by atoms with Gasteiger partial charge in [0.1, 0.15) is 18.5 Å². The molecule has 0 aliphatic heterocycles. The zero-order chi connectivity index (χ0) is 16.9. The molecular weight excluding hydrogens is 312 g/mol. The fourth-order valence-corrected chi connectivity index (χ4v) is 4.10. The monoisotopic (exact) mass is 334 g/mol. The maximum atomic E-state index is 12.3. The Bertz CT molecular complexity index is 719. The zero-order valence-electron chi connectivity index (χ0n) is 13.4. The van der Waals surface area contributed by atoms with Crippen LogP contribution in [0.15, 0.2) is 48.5 Å². The lowest BCUT2D eigenvalue weighted by atomic mass is 10.1. The minimum atomic E-state index is -3.41. The Morgan fingerprint density at radius 3 is 2.22 bits per heavy atom. The van der Waals surface area contributed by atoms with E-state index in [0.717, 1.165) is 16.7 Å². The minimum absolute atomic E-state index is 0.0456. The number of para-hydroxylation sites is 1. The summed E-state index contributed by atoms with van der Waals surface area (Å²) < 4.78 is 30.0. The summed E-state index contributed by atoms with van der Waals surface area (Å²) in [5, 5.41) is 9.96. The summed E-state index contributed by atoms with van der Waals surface area (Å²) in [4.78, 5) is 0. The normalized spacial score (nSPS) is 12.8. The van der Waals surface area contributed by atoms with E-state index in [9.17, 15) is 13.5 Å². The van der Waals surface area contributed by atoms with Crippen LogP contribution in [0.4, 0.5) is 0 Å². The first-order valence-corrected chi connectivity index (χ1v) is 9.31. The molecule has 0 saturated carbocycles. The Labute approximate surface area is 137 Å². The van der Waals surface area contributed by atoms with Crippen molar-refractivity contribution < 1.29 is 18.3 Å². The lowest BCUT2D eigenvalue weighted by Gasteiger charge is -2.14. The molecule has 2 aromatic rings. The summed E-state index contributed by atoms with van der Waals surface area (Å²) in [5.74, 6) is 0.236. The second-order valence-corrected chi connectivity index (χ2v) is 7.81. The fraction of sp³-hybridized carbons (Fsp3) is 0.333. The van der Waals surface area contributed by atoms with E-state index < -0.39 is 15.9 Å². The second-order valence-electron chi connectivity index (χ2n) is 5.70. The smallest absolute Gasteiger partial charge is 0.157 e. The van der Waals surface area contributed by atoms with Crippen molar-refractivity contribution in [3.63, 3.8) is 0 Å². The van der Waals surface area contributed by atoms with Crippen LogP contribution < -0.4 is 4.74 Å². The highest BCUT2D eigenvalue weighted by molar-refractivity contribution is 7.90. The highest BCUT2D eigenvalue weighted by Crippen LogP contribution is 2.17. The van der Waals surface area contributed by atoms with E-state index >= 15 is 0 Å². The van der Waals surface area contributed by atoms with E-state index in [1.807, 2.05) is 50.2 Å². The van der Waals surface area contributed by atoms with Crippen molar-refractivity contribution in [3.05, 3.63) is 65.2 Å². The topological polar surface area (TPSA) is 63.6 Å². The maximum absolute atomic E-state index is 12.3. The zero-order valence-corrected chi connectivity index (χ0v) is 14.2. The molecule has 0 radical (unpaired) electrons. The fourth-order valence-electron chi connectivity index (χ4n) is 2.41. The number of ether oxygens (including phenoxy) is 1. The number of hydrogen-bond donors (Lipinski definition) is 1. The molecule has 0 bridgehead atoms. The van der Waals surface area contributed by atoms with Crippen molar-refractivity contribution in [1.82, 2.24) is 0 Å². The first kappa shape index (κ1) is 17.5. The van der Waals surface area contributed by atoms with Gasteiger partial charge in [0.25, 0.3) is 0 Å². The van der Waals surface area contributed by atoms with Gasteiger partial charge in [0.05, 0.1) is 11.5 Å². The van der Waals surface area contributed by atoms with Crippen LogP contribution in [0.1, 0.15) is 16.7 Å². The van der Waals surface area contributed by atoms with Crippen LogP contribution >= 0.6 is 0 Å². The molecule has 0 spiro atoms. The van der Waals surface area contributed by atoms with Gasteiger partial charge in [-0.3, -0.25) is 0 Å². The molecule has 4 nitrogen and oxygen atoms in total. The molecule has 0 aliphatic carbocycles. The number of aliphatic hydroxyl groups is 1. The minimum Gasteiger partial charge on any atom is -0.491 e. The van der Waals surface area contributed by atoms with E-state index in [2.05, 4.69) is 0 Å². The Hall–Kier alpha value is -1.85. The largest absolute Gasteiger partial charge is 0.491 e. The summed E-state index contributed by atoms with van der Waals surface area (Å²) in [5.41, 5.74) is 2.70. The van der Waals surface area contributed by atoms with Gasteiger partial charge in [-0.25, -0.2) is 8.42 Å². The lowest BCUT2D eigenvalue weighted by molar-refractivity contribution is 0.125. The molecule has 1 atom stereocenters. The number of hydrogen-bond acceptors (Lipinski definition) is 4. The molecule has 0 heterocycles. The summed E-state index contributed by atoms with van der Waals surface area (Å²) in [6.45, 7) is 3.75. The first-order chi connectivity index (χ1) is 10.9. The Morgan fingerprint density at radius 1 is 1.00 bits per heavy atom. The Kier molecular flexibility index (Phi) is 5.80. The highest BCUT2D eigenvalue weighted by atomic mass is 32.2. The molecular formula is C18H22O4S. The third-order valence-electron chi connectivity index (χ3n) is 3.64. The molecule has 0 fully saturated rings. The average molecular weight is 334 g/mol. The molecule has 0 aromatic heterocycles. The van der Waals surface area contributed by atoms with E-state index in [4.69, 9.17) is 4.74 Å². The van der Waals surface area contributed by atoms with Crippen molar-refractivity contribution in [1.29, 1.82) is 0 Å². The van der Waals surface area contributed by atoms with E-state index in [-0.39, 0.29) is 18.1 Å². The third kappa shape index (κ3) is 5.37. The molecule has 1 unspecified atom stereocenters. The van der Waals surface area contributed by atoms with Gasteiger partial charge >= 0.3 is 0 Å². The van der Waals surface area contributed by atoms with Crippen molar-refractivity contribution in [2.24, 2.45) is 0 Å². The van der Waals surface area contributed by atoms with E-state index in [1.165, 1.54) is 0 Å². The molecule has 23 heavy (non-hydrogen) atoms. The van der Waals surface area contributed by atoms with Crippen LogP contribution in [0.2, 0.25) is 0 Å². The van der Waals surface area contributed by atoms with Crippen molar-refractivity contribution in [2.75, 3.05) is 12.4 Å². The molecule has 0 aliphatic rings. The molecule has 124 valence electrons. The van der Waals surface area contributed by atoms with Crippen molar-refractivity contribution in [3.8, 4) is 5.75 Å². The van der Waals surface area contributed by atoms with Crippen molar-refractivity contribution in [2.45, 2.75) is 25.7 Å². The number of benzene rings is 2. The molecule has 0 amide bonds. The number of aliphatic hydroxyl groups excluding tert-OH is 1. The van der Waals surface area contributed by atoms with Gasteiger partial charge in [0.15, 0.2) is 9.84 Å². The van der Waals surface area contributed by atoms with Gasteiger partial charge in [0, 0.05) is 0 Å². The second kappa shape index (κ2) is 7.62. The average Bonchev–Trinajstić information content (AvgIpc) is 2.50. The predicted octanol–water partition coefficient (Wildman–Crippen LogP) is 2.66. The maximum Gasteiger partial charge on any atom is 0.157 e. The Balaban J connectivity index is 1.95. The van der Waals surface area contributed by atoms with E-state index in [0.29, 0.717) is 5.75 Å². The van der Waals surface area contributed by atoms with Gasteiger partial charge in [0.2, 0.25) is 0 Å². The predicted molar refractivity (Wildman–Crippen MR) is 91.4 cm³/mol. The SMILES string of the molecule is Cc1cccc(C)c1CS(=O)(=O)CC(O)COc1ccccc1. The van der Waals surface area contributed by atoms with Crippen LogP contribution in [0.3, 0.4) is 0 Å². The number of sulfone groups is 1. The van der Waals surface area contributed by atoms with Gasteiger partial charge < -0.3 is 9.84 Å². The molecule has 2 aromatic carbocycles. The van der Waals surface area contributed by atoms with Gasteiger partial charge in [-0.15, -0.1) is 0 Å². The molecule has 5 heteroatoms. The van der Waals surface area contributed by atoms with Gasteiger partial charge in [-0.05, 0) is 42.7 Å². The van der Waals surface area contributed by atoms with Crippen LogP contribution in [0, 0.1) is 13.8 Å². The van der Waals surface area contributed by atoms with Gasteiger partial charge in [-0.2, -0.15) is 0 Å². The highest BCUT2D eigenvalue weighted by Gasteiger charge is 2.20. The van der Waals surface area contributed by atoms with Crippen LogP contribution in [0.5, 0.6) is 5.75 Å².